The summed E-state index contributed by atoms with van der Waals surface area (Å²) in [4.78, 5) is 8.33. The van der Waals surface area contributed by atoms with E-state index >= 15 is 0 Å². The largest absolute Gasteiger partial charge is 0.480 e. The number of nitrogens with one attached hydrogen (secondary N) is 2. The monoisotopic (exact) mass is 288 g/mol. The smallest absolute Gasteiger partial charge is 0.232 e. The summed E-state index contributed by atoms with van der Waals surface area (Å²) in [5.41, 5.74) is 0. The molecule has 90 valence electrons. The van der Waals surface area contributed by atoms with Crippen molar-refractivity contribution in [2.45, 2.75) is 13.3 Å². The van der Waals surface area contributed by atoms with E-state index < -0.39 is 0 Å². The Morgan fingerprint density at radius 2 is 2.25 bits per heavy atom. The first kappa shape index (κ1) is 13.2. The molecule has 1 aromatic rings. The zero-order valence-corrected chi connectivity index (χ0v) is 11.2. The molecule has 0 unspecified atom stereocenters. The number of nitrogens with zero attached hydrogens (tertiary/aromatic N) is 2. The lowest BCUT2D eigenvalue weighted by Gasteiger charge is -2.07. The highest BCUT2D eigenvalue weighted by atomic mass is 79.9. The third-order valence-electron chi connectivity index (χ3n) is 1.97. The highest BCUT2D eigenvalue weighted by molar-refractivity contribution is 9.10. The van der Waals surface area contributed by atoms with Crippen LogP contribution in [0.1, 0.15) is 13.3 Å². The van der Waals surface area contributed by atoms with Crippen LogP contribution >= 0.6 is 15.9 Å². The van der Waals surface area contributed by atoms with Gasteiger partial charge in [-0.05, 0) is 35.4 Å². The molecule has 0 saturated carbocycles. The quantitative estimate of drug-likeness (QED) is 0.748. The number of hydrogen-bond donors (Lipinski definition) is 2. The van der Waals surface area contributed by atoms with Gasteiger partial charge in [0.05, 0.1) is 17.8 Å². The molecular weight excluding hydrogens is 272 g/mol. The fourth-order valence-corrected chi connectivity index (χ4v) is 1.52. The minimum Gasteiger partial charge on any atom is -0.480 e. The molecule has 16 heavy (non-hydrogen) atoms. The molecule has 6 heteroatoms. The van der Waals surface area contributed by atoms with E-state index in [2.05, 4.69) is 43.5 Å². The molecule has 0 saturated heterocycles. The van der Waals surface area contributed by atoms with Crippen molar-refractivity contribution in [2.24, 2.45) is 0 Å². The van der Waals surface area contributed by atoms with Gasteiger partial charge in [-0.3, -0.25) is 0 Å². The van der Waals surface area contributed by atoms with Crippen molar-refractivity contribution in [3.8, 4) is 5.88 Å². The van der Waals surface area contributed by atoms with Crippen molar-refractivity contribution >= 4 is 21.9 Å². The summed E-state index contributed by atoms with van der Waals surface area (Å²) < 4.78 is 5.84. The van der Waals surface area contributed by atoms with Crippen LogP contribution in [0.25, 0.3) is 0 Å². The van der Waals surface area contributed by atoms with E-state index in [-0.39, 0.29) is 0 Å². The molecule has 0 fully saturated rings. The summed E-state index contributed by atoms with van der Waals surface area (Å²) in [5.74, 6) is 1.14. The molecule has 0 aliphatic carbocycles. The van der Waals surface area contributed by atoms with Gasteiger partial charge in [-0.15, -0.1) is 0 Å². The van der Waals surface area contributed by atoms with Crippen LogP contribution < -0.4 is 15.4 Å². The third-order valence-corrected chi connectivity index (χ3v) is 2.51. The van der Waals surface area contributed by atoms with Crippen LogP contribution in [0, 0.1) is 0 Å². The first-order chi connectivity index (χ1) is 7.77. The van der Waals surface area contributed by atoms with Crippen LogP contribution in [0.2, 0.25) is 0 Å². The maximum atomic E-state index is 5.08. The second-order valence-electron chi connectivity index (χ2n) is 3.18. The van der Waals surface area contributed by atoms with E-state index in [0.29, 0.717) is 11.8 Å². The predicted octanol–water partition coefficient (Wildman–Crippen LogP) is 1.66. The molecule has 0 atom stereocenters. The van der Waals surface area contributed by atoms with Gasteiger partial charge in [0, 0.05) is 6.54 Å². The predicted molar refractivity (Wildman–Crippen MR) is 67.9 cm³/mol. The van der Waals surface area contributed by atoms with E-state index in [1.807, 2.05) is 0 Å². The molecule has 0 radical (unpaired) electrons. The molecule has 0 aromatic carbocycles. The average Bonchev–Trinajstić information content (AvgIpc) is 2.31. The van der Waals surface area contributed by atoms with Crippen LogP contribution in [-0.4, -0.2) is 36.7 Å². The molecule has 5 nitrogen and oxygen atoms in total. The SMILES string of the molecule is CCNCCCNc1ncc(Br)c(OC)n1. The minimum atomic E-state index is 0.546. The lowest BCUT2D eigenvalue weighted by Crippen LogP contribution is -2.17. The number of methoxy groups -OCH3 is 1. The summed E-state index contributed by atoms with van der Waals surface area (Å²) in [6, 6.07) is 0. The van der Waals surface area contributed by atoms with E-state index in [9.17, 15) is 0 Å². The van der Waals surface area contributed by atoms with E-state index in [1.165, 1.54) is 0 Å². The number of halogens is 1. The summed E-state index contributed by atoms with van der Waals surface area (Å²) in [5, 5.41) is 6.40. The van der Waals surface area contributed by atoms with Crippen molar-refractivity contribution in [3.05, 3.63) is 10.7 Å². The Morgan fingerprint density at radius 1 is 1.44 bits per heavy atom. The van der Waals surface area contributed by atoms with Gasteiger partial charge >= 0.3 is 0 Å². The van der Waals surface area contributed by atoms with Crippen LogP contribution in [0.5, 0.6) is 5.88 Å². The molecule has 0 aliphatic rings. The van der Waals surface area contributed by atoms with Gasteiger partial charge in [-0.2, -0.15) is 4.98 Å². The molecule has 1 aromatic heterocycles. The second-order valence-corrected chi connectivity index (χ2v) is 4.04. The lowest BCUT2D eigenvalue weighted by molar-refractivity contribution is 0.394. The van der Waals surface area contributed by atoms with Gasteiger partial charge in [0.2, 0.25) is 11.8 Å². The molecule has 1 heterocycles. The normalized spacial score (nSPS) is 10.2. The van der Waals surface area contributed by atoms with Crippen molar-refractivity contribution in [3.63, 3.8) is 0 Å². The highest BCUT2D eigenvalue weighted by Gasteiger charge is 2.03. The maximum Gasteiger partial charge on any atom is 0.232 e. The fraction of sp³-hybridized carbons (Fsp3) is 0.600. The van der Waals surface area contributed by atoms with Crippen LogP contribution in [0.15, 0.2) is 10.7 Å². The number of anilines is 1. The first-order valence-corrected chi connectivity index (χ1v) is 6.08. The fourth-order valence-electron chi connectivity index (χ4n) is 1.17. The number of aromatic nitrogens is 2. The summed E-state index contributed by atoms with van der Waals surface area (Å²) in [6.45, 7) is 4.94. The molecule has 2 N–H and O–H groups in total. The van der Waals surface area contributed by atoms with Gasteiger partial charge in [0.25, 0.3) is 0 Å². The first-order valence-electron chi connectivity index (χ1n) is 5.29. The zero-order valence-electron chi connectivity index (χ0n) is 9.59. The summed E-state index contributed by atoms with van der Waals surface area (Å²) in [7, 11) is 1.59. The maximum absolute atomic E-state index is 5.08. The number of hydrogen-bond acceptors (Lipinski definition) is 5. The Kier molecular flexibility index (Phi) is 6.10. The van der Waals surface area contributed by atoms with Crippen LogP contribution in [-0.2, 0) is 0 Å². The van der Waals surface area contributed by atoms with Gasteiger partial charge < -0.3 is 15.4 Å². The van der Waals surface area contributed by atoms with Crippen molar-refractivity contribution in [1.29, 1.82) is 0 Å². The Bertz CT molecular complexity index is 322. The van der Waals surface area contributed by atoms with E-state index in [4.69, 9.17) is 4.74 Å². The van der Waals surface area contributed by atoms with Crippen molar-refractivity contribution < 1.29 is 4.74 Å². The third kappa shape index (κ3) is 4.32. The molecule has 0 amide bonds. The molecule has 0 spiro atoms. The van der Waals surface area contributed by atoms with Crippen LogP contribution in [0.3, 0.4) is 0 Å². The minimum absolute atomic E-state index is 0.546. The standard InChI is InChI=1S/C10H17BrN4O/c1-3-12-5-4-6-13-10-14-7-8(11)9(15-10)16-2/h7,12H,3-6H2,1-2H3,(H,13,14,15). The number of ether oxygens (including phenoxy) is 1. The Morgan fingerprint density at radius 3 is 2.94 bits per heavy atom. The van der Waals surface area contributed by atoms with Gasteiger partial charge in [0.1, 0.15) is 0 Å². The topological polar surface area (TPSA) is 59.1 Å². The van der Waals surface area contributed by atoms with Crippen LogP contribution in [0.4, 0.5) is 5.95 Å². The van der Waals surface area contributed by atoms with Crippen molar-refractivity contribution in [2.75, 3.05) is 32.1 Å². The number of rotatable bonds is 7. The Hall–Kier alpha value is -0.880. The molecule has 1 rings (SSSR count). The summed E-state index contributed by atoms with van der Waals surface area (Å²) in [6.07, 6.45) is 2.72. The second kappa shape index (κ2) is 7.40. The van der Waals surface area contributed by atoms with Gasteiger partial charge in [-0.25, -0.2) is 4.98 Å². The molecular formula is C10H17BrN4O. The Labute approximate surface area is 104 Å². The van der Waals surface area contributed by atoms with E-state index in [0.717, 1.165) is 30.5 Å². The van der Waals surface area contributed by atoms with Gasteiger partial charge in [-0.1, -0.05) is 6.92 Å². The van der Waals surface area contributed by atoms with Gasteiger partial charge in [0.15, 0.2) is 0 Å². The highest BCUT2D eigenvalue weighted by Crippen LogP contribution is 2.21. The average molecular weight is 289 g/mol. The zero-order chi connectivity index (χ0) is 11.8. The lowest BCUT2D eigenvalue weighted by atomic mass is 10.4. The summed E-state index contributed by atoms with van der Waals surface area (Å²) >= 11 is 3.31. The molecule has 0 bridgehead atoms. The van der Waals surface area contributed by atoms with E-state index in [1.54, 1.807) is 13.3 Å². The molecule has 0 aliphatic heterocycles. The Balaban J connectivity index is 2.36. The van der Waals surface area contributed by atoms with Crippen molar-refractivity contribution in [1.82, 2.24) is 15.3 Å².